The first kappa shape index (κ1) is 22.5. The number of para-hydroxylation sites is 1. The maximum Gasteiger partial charge on any atom is 0.253 e. The number of hydrogen-bond acceptors (Lipinski definition) is 3. The first-order chi connectivity index (χ1) is 15.9. The summed E-state index contributed by atoms with van der Waals surface area (Å²) in [5, 5.41) is 4.55. The molecule has 168 valence electrons. The smallest absolute Gasteiger partial charge is 0.253 e. The van der Waals surface area contributed by atoms with E-state index in [0.29, 0.717) is 29.5 Å². The van der Waals surface area contributed by atoms with Gasteiger partial charge in [-0.15, -0.1) is 0 Å². The standard InChI is InChI=1S/C26H24FN3O2S/c1-17-4-3-5-19-14-20(25(31)29-24(17)19)16-30(15-18-6-12-23(32-2)13-7-18)26(33)28-22-10-8-21(27)9-11-22/h3-14H,15-16H2,1-2H3,(H,28,33)(H,29,31). The molecule has 3 aromatic carbocycles. The zero-order valence-corrected chi connectivity index (χ0v) is 19.2. The summed E-state index contributed by atoms with van der Waals surface area (Å²) >= 11 is 5.68. The maximum atomic E-state index is 13.3. The summed E-state index contributed by atoms with van der Waals surface area (Å²) in [6.07, 6.45) is 0. The Morgan fingerprint density at radius 1 is 1.06 bits per heavy atom. The van der Waals surface area contributed by atoms with Gasteiger partial charge in [0.1, 0.15) is 11.6 Å². The molecule has 1 heterocycles. The molecule has 33 heavy (non-hydrogen) atoms. The highest BCUT2D eigenvalue weighted by Crippen LogP contribution is 2.19. The van der Waals surface area contributed by atoms with E-state index in [4.69, 9.17) is 17.0 Å². The van der Waals surface area contributed by atoms with Crippen molar-refractivity contribution in [2.75, 3.05) is 12.4 Å². The van der Waals surface area contributed by atoms with Crippen molar-refractivity contribution in [3.05, 3.63) is 106 Å². The van der Waals surface area contributed by atoms with Crippen molar-refractivity contribution in [2.45, 2.75) is 20.0 Å². The second kappa shape index (κ2) is 9.83. The van der Waals surface area contributed by atoms with E-state index in [1.807, 2.05) is 60.4 Å². The largest absolute Gasteiger partial charge is 0.497 e. The van der Waals surface area contributed by atoms with Gasteiger partial charge in [0.05, 0.1) is 19.2 Å². The van der Waals surface area contributed by atoms with Gasteiger partial charge in [-0.25, -0.2) is 4.39 Å². The lowest BCUT2D eigenvalue weighted by molar-refractivity contribution is 0.406. The van der Waals surface area contributed by atoms with Crippen LogP contribution in [0.3, 0.4) is 0 Å². The van der Waals surface area contributed by atoms with Gasteiger partial charge in [-0.3, -0.25) is 4.79 Å². The van der Waals surface area contributed by atoms with Crippen LogP contribution < -0.4 is 15.6 Å². The number of nitrogens with zero attached hydrogens (tertiary/aromatic N) is 1. The molecule has 0 aliphatic carbocycles. The SMILES string of the molecule is COc1ccc(CN(Cc2cc3cccc(C)c3[nH]c2=O)C(=S)Nc2ccc(F)cc2)cc1. The summed E-state index contributed by atoms with van der Waals surface area (Å²) in [5.41, 5.74) is 3.97. The van der Waals surface area contributed by atoms with Crippen LogP contribution in [0.15, 0.2) is 77.6 Å². The summed E-state index contributed by atoms with van der Waals surface area (Å²) in [7, 11) is 1.62. The Morgan fingerprint density at radius 2 is 1.79 bits per heavy atom. The number of hydrogen-bond donors (Lipinski definition) is 2. The zero-order chi connectivity index (χ0) is 23.4. The van der Waals surface area contributed by atoms with E-state index in [1.54, 1.807) is 19.2 Å². The Morgan fingerprint density at radius 3 is 2.48 bits per heavy atom. The number of rotatable bonds is 6. The van der Waals surface area contributed by atoms with Crippen molar-refractivity contribution >= 4 is 33.9 Å². The number of anilines is 1. The summed E-state index contributed by atoms with van der Waals surface area (Å²) < 4.78 is 18.5. The normalized spacial score (nSPS) is 10.8. The van der Waals surface area contributed by atoms with E-state index in [-0.39, 0.29) is 11.4 Å². The summed E-state index contributed by atoms with van der Waals surface area (Å²) in [5.74, 6) is 0.443. The van der Waals surface area contributed by atoms with Crippen LogP contribution in [0.1, 0.15) is 16.7 Å². The van der Waals surface area contributed by atoms with Crippen molar-refractivity contribution in [3.63, 3.8) is 0 Å². The van der Waals surface area contributed by atoms with Crippen LogP contribution in [-0.2, 0) is 13.1 Å². The molecule has 4 aromatic rings. The van der Waals surface area contributed by atoms with Crippen LogP contribution in [0.25, 0.3) is 10.9 Å². The Bertz CT molecular complexity index is 1330. The molecule has 0 saturated carbocycles. The summed E-state index contributed by atoms with van der Waals surface area (Å²) in [6.45, 7) is 2.75. The summed E-state index contributed by atoms with van der Waals surface area (Å²) in [4.78, 5) is 17.8. The minimum absolute atomic E-state index is 0.152. The van der Waals surface area contributed by atoms with E-state index in [9.17, 15) is 9.18 Å². The van der Waals surface area contributed by atoms with Gasteiger partial charge in [0.25, 0.3) is 5.56 Å². The molecule has 0 radical (unpaired) electrons. The molecular weight excluding hydrogens is 437 g/mol. The molecule has 2 N–H and O–H groups in total. The number of aromatic amines is 1. The van der Waals surface area contributed by atoms with Gasteiger partial charge in [0.2, 0.25) is 0 Å². The number of ether oxygens (including phenoxy) is 1. The van der Waals surface area contributed by atoms with Crippen LogP contribution in [0.5, 0.6) is 5.75 Å². The molecule has 0 amide bonds. The number of methoxy groups -OCH3 is 1. The van der Waals surface area contributed by atoms with Gasteiger partial charge < -0.3 is 19.9 Å². The van der Waals surface area contributed by atoms with Gasteiger partial charge in [-0.05, 0) is 78.1 Å². The molecule has 0 saturated heterocycles. The van der Waals surface area contributed by atoms with Crippen molar-refractivity contribution in [3.8, 4) is 5.75 Å². The number of thiocarbonyl (C=S) groups is 1. The third kappa shape index (κ3) is 5.38. The number of benzene rings is 3. The molecule has 0 aliphatic heterocycles. The maximum absolute atomic E-state index is 13.3. The van der Waals surface area contributed by atoms with Crippen LogP contribution in [0.4, 0.5) is 10.1 Å². The van der Waals surface area contributed by atoms with E-state index in [1.165, 1.54) is 12.1 Å². The molecular formula is C26H24FN3O2S. The first-order valence-electron chi connectivity index (χ1n) is 10.5. The molecule has 0 fully saturated rings. The summed E-state index contributed by atoms with van der Waals surface area (Å²) in [6, 6.07) is 21.5. The van der Waals surface area contributed by atoms with E-state index in [2.05, 4.69) is 10.3 Å². The van der Waals surface area contributed by atoms with Crippen molar-refractivity contribution in [1.29, 1.82) is 0 Å². The molecule has 0 aliphatic rings. The number of aryl methyl sites for hydroxylation is 1. The fraction of sp³-hybridized carbons (Fsp3) is 0.154. The van der Waals surface area contributed by atoms with E-state index < -0.39 is 0 Å². The molecule has 7 heteroatoms. The lowest BCUT2D eigenvalue weighted by Gasteiger charge is -2.26. The fourth-order valence-corrected chi connectivity index (χ4v) is 3.89. The topological polar surface area (TPSA) is 57.4 Å². The average Bonchev–Trinajstić information content (AvgIpc) is 2.81. The second-order valence-corrected chi connectivity index (χ2v) is 8.19. The highest BCUT2D eigenvalue weighted by molar-refractivity contribution is 7.80. The third-order valence-electron chi connectivity index (χ3n) is 5.44. The van der Waals surface area contributed by atoms with E-state index >= 15 is 0 Å². The monoisotopic (exact) mass is 461 g/mol. The molecule has 5 nitrogen and oxygen atoms in total. The molecule has 0 unspecified atom stereocenters. The number of aromatic nitrogens is 1. The van der Waals surface area contributed by atoms with Gasteiger partial charge >= 0.3 is 0 Å². The number of nitrogens with one attached hydrogen (secondary N) is 2. The van der Waals surface area contributed by atoms with Crippen molar-refractivity contribution < 1.29 is 9.13 Å². The number of fused-ring (bicyclic) bond motifs is 1. The minimum atomic E-state index is -0.320. The van der Waals surface area contributed by atoms with Crippen LogP contribution in [0.2, 0.25) is 0 Å². The Kier molecular flexibility index (Phi) is 6.70. The number of pyridine rings is 1. The van der Waals surface area contributed by atoms with Crippen LogP contribution >= 0.6 is 12.2 Å². The van der Waals surface area contributed by atoms with Gasteiger partial charge in [0, 0.05) is 17.8 Å². The van der Waals surface area contributed by atoms with E-state index in [0.717, 1.165) is 27.8 Å². The van der Waals surface area contributed by atoms with Gasteiger partial charge in [0.15, 0.2) is 5.11 Å². The highest BCUT2D eigenvalue weighted by atomic mass is 32.1. The molecule has 0 atom stereocenters. The number of halogens is 1. The Labute approximate surface area is 196 Å². The molecule has 4 rings (SSSR count). The highest BCUT2D eigenvalue weighted by Gasteiger charge is 2.15. The second-order valence-electron chi connectivity index (χ2n) is 7.80. The molecule has 0 spiro atoms. The number of H-pyrrole nitrogens is 1. The Balaban J connectivity index is 1.64. The van der Waals surface area contributed by atoms with Gasteiger partial charge in [-0.2, -0.15) is 0 Å². The predicted molar refractivity (Wildman–Crippen MR) is 134 cm³/mol. The lowest BCUT2D eigenvalue weighted by atomic mass is 10.1. The van der Waals surface area contributed by atoms with Crippen molar-refractivity contribution in [1.82, 2.24) is 9.88 Å². The quantitative estimate of drug-likeness (QED) is 0.378. The molecule has 1 aromatic heterocycles. The average molecular weight is 462 g/mol. The Hall–Kier alpha value is -3.71. The van der Waals surface area contributed by atoms with Crippen LogP contribution in [-0.4, -0.2) is 22.1 Å². The predicted octanol–water partition coefficient (Wildman–Crippen LogP) is 5.38. The van der Waals surface area contributed by atoms with Gasteiger partial charge in [-0.1, -0.05) is 30.3 Å². The third-order valence-corrected chi connectivity index (χ3v) is 5.80. The molecule has 0 bridgehead atoms. The minimum Gasteiger partial charge on any atom is -0.497 e. The van der Waals surface area contributed by atoms with Crippen LogP contribution in [0, 0.1) is 12.7 Å². The fourth-order valence-electron chi connectivity index (χ4n) is 3.64. The zero-order valence-electron chi connectivity index (χ0n) is 18.4. The van der Waals surface area contributed by atoms with Crippen molar-refractivity contribution in [2.24, 2.45) is 0 Å². The lowest BCUT2D eigenvalue weighted by Crippen LogP contribution is -2.35. The first-order valence-corrected chi connectivity index (χ1v) is 10.9.